The molecule has 0 amide bonds. The molecule has 0 spiro atoms. The molecule has 3 nitrogen and oxygen atoms in total. The number of aromatic nitrogens is 1. The van der Waals surface area contributed by atoms with Crippen molar-refractivity contribution in [2.75, 3.05) is 0 Å². The first kappa shape index (κ1) is 29.7. The second-order valence-corrected chi connectivity index (χ2v) is 12.5. The summed E-state index contributed by atoms with van der Waals surface area (Å²) in [6, 6.07) is 48.0. The number of fused-ring (bicyclic) bond motifs is 3. The monoisotopic (exact) mass is 635 g/mol. The third-order valence-corrected chi connectivity index (χ3v) is 9.41. The maximum absolute atomic E-state index is 8.80. The number of benzene rings is 6. The van der Waals surface area contributed by atoms with E-state index in [2.05, 4.69) is 108 Å². The Morgan fingerprint density at radius 3 is 2.19 bits per heavy atom. The lowest BCUT2D eigenvalue weighted by atomic mass is 9.97. The Labute approximate surface area is 286 Å². The molecule has 48 heavy (non-hydrogen) atoms. The number of nitrogens with one attached hydrogen (secondary N) is 1. The molecule has 0 radical (unpaired) electrons. The van der Waals surface area contributed by atoms with Crippen LogP contribution in [0.25, 0.3) is 44.2 Å². The predicted molar refractivity (Wildman–Crippen MR) is 206 cm³/mol. The quantitative estimate of drug-likeness (QED) is 0.129. The van der Waals surface area contributed by atoms with E-state index in [4.69, 9.17) is 23.0 Å². The van der Waals surface area contributed by atoms with Crippen LogP contribution in [0.2, 0.25) is 0 Å². The normalized spacial score (nSPS) is 13.0. The van der Waals surface area contributed by atoms with E-state index >= 15 is 0 Å². The van der Waals surface area contributed by atoms with Gasteiger partial charge in [-0.25, -0.2) is 0 Å². The van der Waals surface area contributed by atoms with Gasteiger partial charge in [0.2, 0.25) is 0 Å². The summed E-state index contributed by atoms with van der Waals surface area (Å²) >= 11 is 5.00. The molecule has 1 heterocycles. The summed E-state index contributed by atoms with van der Waals surface area (Å²) in [4.78, 5) is 5.82. The minimum Gasteiger partial charge on any atom is -0.309 e. The molecule has 4 heteroatoms. The van der Waals surface area contributed by atoms with Gasteiger partial charge in [-0.2, -0.15) is 0 Å². The molecule has 0 unspecified atom stereocenters. The fourth-order valence-electron chi connectivity index (χ4n) is 6.60. The van der Waals surface area contributed by atoms with Crippen molar-refractivity contribution in [2.24, 2.45) is 4.99 Å². The molecular weight excluding hydrogens is 603 g/mol. The standard InChI is InChI=1S/C44H33N3S/c45-44(33-16-8-3-9-17-33)36-18-10-11-19-40(36)46-29-30-20-23-35(24-21-30)47-41-25-22-34(31-12-4-1-5-13-31)26-38(41)39-28-43(48)37(27-42(39)47)32-14-6-2-7-15-32/h1,3-6,8-29,45,48H,2,7H2/b45-44?,46-29+. The summed E-state index contributed by atoms with van der Waals surface area (Å²) in [6.45, 7) is 0. The van der Waals surface area contributed by atoms with Crippen molar-refractivity contribution in [1.82, 2.24) is 4.57 Å². The Kier molecular flexibility index (Phi) is 7.93. The number of rotatable bonds is 7. The first-order valence-corrected chi connectivity index (χ1v) is 16.7. The molecule has 1 N–H and O–H groups in total. The maximum Gasteiger partial charge on any atom is 0.0723 e. The number of para-hydroxylation sites is 1. The van der Waals surface area contributed by atoms with Crippen molar-refractivity contribution >= 4 is 57.6 Å². The lowest BCUT2D eigenvalue weighted by Crippen LogP contribution is -2.01. The third-order valence-electron chi connectivity index (χ3n) is 9.04. The Bertz CT molecular complexity index is 2400. The zero-order valence-electron chi connectivity index (χ0n) is 26.3. The molecule has 230 valence electrons. The second-order valence-electron chi connectivity index (χ2n) is 12.1. The van der Waals surface area contributed by atoms with Crippen LogP contribution in [-0.4, -0.2) is 16.5 Å². The van der Waals surface area contributed by atoms with Crippen molar-refractivity contribution in [3.8, 4) is 16.8 Å². The van der Waals surface area contributed by atoms with Gasteiger partial charge in [-0.3, -0.25) is 10.4 Å². The fourth-order valence-corrected chi connectivity index (χ4v) is 6.92. The highest BCUT2D eigenvalue weighted by Crippen LogP contribution is 2.39. The van der Waals surface area contributed by atoms with Gasteiger partial charge in [0.1, 0.15) is 0 Å². The van der Waals surface area contributed by atoms with Crippen LogP contribution in [0.15, 0.2) is 168 Å². The van der Waals surface area contributed by atoms with Crippen LogP contribution in [0.4, 0.5) is 5.69 Å². The molecule has 1 aliphatic carbocycles. The molecule has 0 bridgehead atoms. The third kappa shape index (κ3) is 5.61. The summed E-state index contributed by atoms with van der Waals surface area (Å²) < 4.78 is 2.36. The summed E-state index contributed by atoms with van der Waals surface area (Å²) in [5.41, 5.74) is 12.0. The highest BCUT2D eigenvalue weighted by atomic mass is 32.1. The maximum atomic E-state index is 8.80. The van der Waals surface area contributed by atoms with Crippen LogP contribution in [0.5, 0.6) is 0 Å². The van der Waals surface area contributed by atoms with Gasteiger partial charge in [0, 0.05) is 38.7 Å². The minimum atomic E-state index is 0.462. The zero-order valence-corrected chi connectivity index (χ0v) is 27.2. The SMILES string of the molecule is N=C(c1ccccc1)c1ccccc1/N=C/c1ccc(-n2c3ccc(-c4ccccc4)cc3c3cc(S)c(C4=CCCC=C4)cc32)cc1. The Balaban J connectivity index is 1.21. The molecule has 0 aliphatic heterocycles. The van der Waals surface area contributed by atoms with Gasteiger partial charge in [0.05, 0.1) is 22.4 Å². The van der Waals surface area contributed by atoms with Crippen molar-refractivity contribution in [1.29, 1.82) is 5.41 Å². The molecule has 0 atom stereocenters. The number of thiol groups is 1. The van der Waals surface area contributed by atoms with Gasteiger partial charge < -0.3 is 4.57 Å². The van der Waals surface area contributed by atoms with Gasteiger partial charge in [-0.1, -0.05) is 115 Å². The van der Waals surface area contributed by atoms with Crippen LogP contribution in [-0.2, 0) is 0 Å². The van der Waals surface area contributed by atoms with E-state index in [0.29, 0.717) is 5.71 Å². The van der Waals surface area contributed by atoms with E-state index < -0.39 is 0 Å². The zero-order chi connectivity index (χ0) is 32.5. The fraction of sp³-hybridized carbons (Fsp3) is 0.0455. The van der Waals surface area contributed by atoms with E-state index in [-0.39, 0.29) is 0 Å². The second kappa shape index (κ2) is 12.8. The van der Waals surface area contributed by atoms with Crippen molar-refractivity contribution in [2.45, 2.75) is 17.7 Å². The molecule has 6 aromatic carbocycles. The van der Waals surface area contributed by atoms with E-state index in [1.54, 1.807) is 0 Å². The molecule has 8 rings (SSSR count). The first-order valence-electron chi connectivity index (χ1n) is 16.3. The van der Waals surface area contributed by atoms with Crippen LogP contribution in [0, 0.1) is 5.41 Å². The molecule has 0 fully saturated rings. The lowest BCUT2D eigenvalue weighted by molar-refractivity contribution is 1.04. The van der Waals surface area contributed by atoms with Gasteiger partial charge in [-0.15, -0.1) is 12.6 Å². The van der Waals surface area contributed by atoms with Crippen LogP contribution in [0.1, 0.15) is 35.1 Å². The van der Waals surface area contributed by atoms with Crippen molar-refractivity contribution in [3.63, 3.8) is 0 Å². The van der Waals surface area contributed by atoms with Crippen LogP contribution < -0.4 is 0 Å². The Morgan fingerprint density at radius 1 is 0.688 bits per heavy atom. The molecule has 1 aromatic heterocycles. The highest BCUT2D eigenvalue weighted by molar-refractivity contribution is 7.80. The van der Waals surface area contributed by atoms with E-state index in [1.165, 1.54) is 27.5 Å². The number of hydrogen-bond donors (Lipinski definition) is 2. The number of nitrogens with zero attached hydrogens (tertiary/aromatic N) is 2. The van der Waals surface area contributed by atoms with Gasteiger partial charge in [0.25, 0.3) is 0 Å². The average Bonchev–Trinajstić information content (AvgIpc) is 3.47. The number of aliphatic imine (C=N–C) groups is 1. The summed E-state index contributed by atoms with van der Waals surface area (Å²) in [7, 11) is 0. The Hall–Kier alpha value is -5.71. The van der Waals surface area contributed by atoms with Crippen LogP contribution in [0.3, 0.4) is 0 Å². The molecule has 0 saturated heterocycles. The highest BCUT2D eigenvalue weighted by Gasteiger charge is 2.17. The Morgan fingerprint density at radius 2 is 1.42 bits per heavy atom. The molecule has 7 aromatic rings. The number of allylic oxidation sites excluding steroid dienone is 4. The lowest BCUT2D eigenvalue weighted by Gasteiger charge is -2.13. The minimum absolute atomic E-state index is 0.462. The van der Waals surface area contributed by atoms with Crippen LogP contribution >= 0.6 is 12.6 Å². The van der Waals surface area contributed by atoms with Crippen molar-refractivity contribution in [3.05, 3.63) is 180 Å². The van der Waals surface area contributed by atoms with Crippen molar-refractivity contribution < 1.29 is 0 Å². The summed E-state index contributed by atoms with van der Waals surface area (Å²) in [5, 5.41) is 11.2. The molecular formula is C44H33N3S. The van der Waals surface area contributed by atoms with Gasteiger partial charge in [0.15, 0.2) is 0 Å². The van der Waals surface area contributed by atoms with Gasteiger partial charge in [-0.05, 0) is 83.1 Å². The van der Waals surface area contributed by atoms with Gasteiger partial charge >= 0.3 is 0 Å². The number of hydrogen-bond acceptors (Lipinski definition) is 3. The first-order chi connectivity index (χ1) is 23.6. The topological polar surface area (TPSA) is 41.1 Å². The summed E-state index contributed by atoms with van der Waals surface area (Å²) in [5.74, 6) is 0. The smallest absolute Gasteiger partial charge is 0.0723 e. The average molecular weight is 636 g/mol. The molecule has 1 aliphatic rings. The van der Waals surface area contributed by atoms with E-state index in [0.717, 1.165) is 62.4 Å². The largest absolute Gasteiger partial charge is 0.309 e. The van der Waals surface area contributed by atoms with E-state index in [1.807, 2.05) is 60.8 Å². The predicted octanol–water partition coefficient (Wildman–Crippen LogP) is 11.6. The molecule has 0 saturated carbocycles. The summed E-state index contributed by atoms with van der Waals surface area (Å²) in [6.07, 6.45) is 10.8. The van der Waals surface area contributed by atoms with E-state index in [9.17, 15) is 0 Å².